The van der Waals surface area contributed by atoms with Crippen LogP contribution in [-0.4, -0.2) is 6.54 Å². The van der Waals surface area contributed by atoms with Crippen molar-refractivity contribution in [1.82, 2.24) is 0 Å². The fourth-order valence-electron chi connectivity index (χ4n) is 10.2. The van der Waals surface area contributed by atoms with Gasteiger partial charge in [-0.15, -0.1) is 0 Å². The Morgan fingerprint density at radius 1 is 0.730 bits per heavy atom. The average molecular weight is 518 g/mol. The highest BCUT2D eigenvalue weighted by atomic mass is 14.7. The van der Waals surface area contributed by atoms with Gasteiger partial charge in [0.2, 0.25) is 0 Å². The second kappa shape index (κ2) is 16.3. The van der Waals surface area contributed by atoms with Gasteiger partial charge in [-0.05, 0) is 123 Å². The average Bonchev–Trinajstić information content (AvgIpc) is 3.27. The molecule has 0 amide bonds. The molecule has 0 aliphatic heterocycles. The van der Waals surface area contributed by atoms with Crippen molar-refractivity contribution in [3.05, 3.63) is 0 Å². The molecule has 0 saturated heterocycles. The molecule has 37 heavy (non-hydrogen) atoms. The van der Waals surface area contributed by atoms with E-state index in [1.54, 1.807) is 19.3 Å². The predicted molar refractivity (Wildman–Crippen MR) is 167 cm³/mol. The van der Waals surface area contributed by atoms with Crippen molar-refractivity contribution >= 4 is 0 Å². The van der Waals surface area contributed by atoms with Crippen LogP contribution in [0.15, 0.2) is 0 Å². The Hall–Kier alpha value is -0.0400. The molecular weight excluding hydrogens is 446 g/mol. The van der Waals surface area contributed by atoms with Gasteiger partial charge in [-0.1, -0.05) is 107 Å². The van der Waals surface area contributed by atoms with E-state index >= 15 is 0 Å². The zero-order valence-corrected chi connectivity index (χ0v) is 27.1. The second-order valence-corrected chi connectivity index (χ2v) is 14.3. The third kappa shape index (κ3) is 7.79. The van der Waals surface area contributed by atoms with Crippen molar-refractivity contribution < 1.29 is 0 Å². The van der Waals surface area contributed by atoms with E-state index in [9.17, 15) is 0 Å². The molecule has 1 heteroatoms. The minimum Gasteiger partial charge on any atom is -0.330 e. The standard InChI is InChI=1S/C27H49N.C7H16.C2H6/c1-5-6-7-19(2)23-10-11-24-22-9-8-21-18-20(14-17-28)12-15-26(21,3)25(22)13-16-27(23,24)4;1-3-5-7-6-4-2;1-2/h19-25H,5-18,28H2,1-4H3;3-7H2,1-2H3;1-2H3/t19-,20?,21?,22?,23?,24?,25?,26?,27?;;/m1../s1. The third-order valence-corrected chi connectivity index (χ3v) is 12.3. The number of unbranched alkanes of at least 4 members (excludes halogenated alkanes) is 5. The third-order valence-electron chi connectivity index (χ3n) is 12.3. The van der Waals surface area contributed by atoms with Crippen molar-refractivity contribution in [2.24, 2.45) is 58.0 Å². The van der Waals surface area contributed by atoms with Crippen molar-refractivity contribution in [3.63, 3.8) is 0 Å². The molecule has 0 bridgehead atoms. The van der Waals surface area contributed by atoms with E-state index in [2.05, 4.69) is 41.5 Å². The van der Waals surface area contributed by atoms with Crippen LogP contribution < -0.4 is 5.73 Å². The molecule has 2 N–H and O–H groups in total. The minimum absolute atomic E-state index is 0.654. The number of rotatable bonds is 10. The van der Waals surface area contributed by atoms with Gasteiger partial charge in [-0.3, -0.25) is 0 Å². The first-order valence-electron chi connectivity index (χ1n) is 17.6. The summed E-state index contributed by atoms with van der Waals surface area (Å²) < 4.78 is 0. The molecule has 0 spiro atoms. The molecule has 9 atom stereocenters. The summed E-state index contributed by atoms with van der Waals surface area (Å²) in [6.07, 6.45) is 26.3. The van der Waals surface area contributed by atoms with E-state index in [1.807, 2.05) is 13.8 Å². The summed E-state index contributed by atoms with van der Waals surface area (Å²) in [4.78, 5) is 0. The summed E-state index contributed by atoms with van der Waals surface area (Å²) in [5, 5.41) is 0. The molecule has 0 aromatic rings. The van der Waals surface area contributed by atoms with Crippen molar-refractivity contribution in [2.75, 3.05) is 6.54 Å². The molecule has 4 saturated carbocycles. The first kappa shape index (κ1) is 33.2. The molecule has 8 unspecified atom stereocenters. The second-order valence-electron chi connectivity index (χ2n) is 14.3. The van der Waals surface area contributed by atoms with Crippen LogP contribution in [0.5, 0.6) is 0 Å². The molecule has 0 aromatic heterocycles. The van der Waals surface area contributed by atoms with Gasteiger partial charge in [0.05, 0.1) is 0 Å². The van der Waals surface area contributed by atoms with E-state index in [0.717, 1.165) is 48.0 Å². The lowest BCUT2D eigenvalue weighted by molar-refractivity contribution is -0.121. The van der Waals surface area contributed by atoms with E-state index < -0.39 is 0 Å². The van der Waals surface area contributed by atoms with Crippen LogP contribution in [0.25, 0.3) is 0 Å². The van der Waals surface area contributed by atoms with Gasteiger partial charge in [0.15, 0.2) is 0 Å². The summed E-state index contributed by atoms with van der Waals surface area (Å²) in [5.41, 5.74) is 7.22. The lowest BCUT2D eigenvalue weighted by Crippen LogP contribution is -2.53. The maximum absolute atomic E-state index is 5.91. The quantitative estimate of drug-likeness (QED) is 0.286. The molecule has 4 fully saturated rings. The van der Waals surface area contributed by atoms with Gasteiger partial charge < -0.3 is 5.73 Å². The van der Waals surface area contributed by atoms with Gasteiger partial charge in [0.1, 0.15) is 0 Å². The van der Waals surface area contributed by atoms with Gasteiger partial charge in [-0.2, -0.15) is 0 Å². The summed E-state index contributed by atoms with van der Waals surface area (Å²) in [6, 6.07) is 0. The highest BCUT2D eigenvalue weighted by molar-refractivity contribution is 5.09. The predicted octanol–water partition coefficient (Wildman–Crippen LogP) is 11.4. The number of hydrogen-bond donors (Lipinski definition) is 1. The molecule has 4 rings (SSSR count). The van der Waals surface area contributed by atoms with Gasteiger partial charge in [-0.25, -0.2) is 0 Å². The summed E-state index contributed by atoms with van der Waals surface area (Å²) in [7, 11) is 0. The lowest BCUT2D eigenvalue weighted by atomic mass is 9.44. The minimum atomic E-state index is 0.654. The topological polar surface area (TPSA) is 26.0 Å². The van der Waals surface area contributed by atoms with Crippen LogP contribution in [0.2, 0.25) is 0 Å². The van der Waals surface area contributed by atoms with Crippen LogP contribution in [0.1, 0.15) is 171 Å². The van der Waals surface area contributed by atoms with Crippen molar-refractivity contribution in [1.29, 1.82) is 0 Å². The maximum atomic E-state index is 5.91. The van der Waals surface area contributed by atoms with Crippen LogP contribution >= 0.6 is 0 Å². The normalized spacial score (nSPS) is 39.2. The summed E-state index contributed by atoms with van der Waals surface area (Å²) >= 11 is 0. The Balaban J connectivity index is 0.000000465. The monoisotopic (exact) mass is 518 g/mol. The largest absolute Gasteiger partial charge is 0.330 e. The fraction of sp³-hybridized carbons (Fsp3) is 1.00. The van der Waals surface area contributed by atoms with Crippen molar-refractivity contribution in [3.8, 4) is 0 Å². The van der Waals surface area contributed by atoms with E-state index in [0.29, 0.717) is 10.8 Å². The van der Waals surface area contributed by atoms with Crippen LogP contribution in [-0.2, 0) is 0 Å². The van der Waals surface area contributed by atoms with Crippen LogP contribution in [0.3, 0.4) is 0 Å². The SMILES string of the molecule is CC.CCCCCCC.CCCC[C@@H](C)C1CCC2C3CCC4CC(CCN)CCC4(C)C3CCC21C. The first-order chi connectivity index (χ1) is 17.9. The Bertz CT molecular complexity index is 595. The smallest absolute Gasteiger partial charge is 0.00746 e. The molecular formula is C36H71N. The molecule has 220 valence electrons. The Morgan fingerprint density at radius 2 is 1.35 bits per heavy atom. The Kier molecular flexibility index (Phi) is 14.6. The number of nitrogens with two attached hydrogens (primary N) is 1. The Morgan fingerprint density at radius 3 is 1.97 bits per heavy atom. The first-order valence-corrected chi connectivity index (χ1v) is 17.6. The van der Waals surface area contributed by atoms with E-state index in [-0.39, 0.29) is 0 Å². The van der Waals surface area contributed by atoms with Gasteiger partial charge >= 0.3 is 0 Å². The molecule has 1 nitrogen and oxygen atoms in total. The number of hydrogen-bond acceptors (Lipinski definition) is 1. The zero-order chi connectivity index (χ0) is 27.5. The number of fused-ring (bicyclic) bond motifs is 5. The lowest BCUT2D eigenvalue weighted by Gasteiger charge is -2.61. The van der Waals surface area contributed by atoms with Crippen LogP contribution in [0, 0.1) is 52.3 Å². The molecule has 0 aromatic carbocycles. The fourth-order valence-corrected chi connectivity index (χ4v) is 10.2. The van der Waals surface area contributed by atoms with E-state index in [4.69, 9.17) is 5.73 Å². The summed E-state index contributed by atoms with van der Waals surface area (Å²) in [5.74, 6) is 7.02. The molecule has 0 heterocycles. The van der Waals surface area contributed by atoms with Crippen LogP contribution in [0.4, 0.5) is 0 Å². The highest BCUT2D eigenvalue weighted by Gasteiger charge is 2.60. The zero-order valence-electron chi connectivity index (χ0n) is 27.1. The van der Waals surface area contributed by atoms with Gasteiger partial charge in [0, 0.05) is 0 Å². The maximum Gasteiger partial charge on any atom is -0.00746 e. The van der Waals surface area contributed by atoms with Gasteiger partial charge in [0.25, 0.3) is 0 Å². The molecule has 4 aliphatic carbocycles. The Labute approximate surface area is 235 Å². The van der Waals surface area contributed by atoms with Crippen molar-refractivity contribution in [2.45, 2.75) is 171 Å². The molecule has 4 aliphatic rings. The molecule has 0 radical (unpaired) electrons. The van der Waals surface area contributed by atoms with E-state index in [1.165, 1.54) is 96.3 Å². The highest BCUT2D eigenvalue weighted by Crippen LogP contribution is 2.68. The summed E-state index contributed by atoms with van der Waals surface area (Å²) in [6.45, 7) is 19.8.